The summed E-state index contributed by atoms with van der Waals surface area (Å²) >= 11 is 0. The van der Waals surface area contributed by atoms with E-state index >= 15 is 0 Å². The number of ketones is 1. The quantitative estimate of drug-likeness (QED) is 0.740. The minimum atomic E-state index is -0.128. The van der Waals surface area contributed by atoms with Gasteiger partial charge in [-0.05, 0) is 25.1 Å². The lowest BCUT2D eigenvalue weighted by Crippen LogP contribution is -2.16. The number of methoxy groups -OCH3 is 1. The van der Waals surface area contributed by atoms with Gasteiger partial charge in [-0.1, -0.05) is 0 Å². The number of rotatable bonds is 2. The molecule has 0 spiro atoms. The van der Waals surface area contributed by atoms with Crippen LogP contribution in [0.1, 0.15) is 17.3 Å². The first-order valence-electron chi connectivity index (χ1n) is 5.24. The van der Waals surface area contributed by atoms with Gasteiger partial charge in [0.05, 0.1) is 12.6 Å². The summed E-state index contributed by atoms with van der Waals surface area (Å²) in [5, 5.41) is 0.735. The predicted molar refractivity (Wildman–Crippen MR) is 65.7 cm³/mol. The number of nitrogens with zero attached hydrogens (tertiary/aromatic N) is 1. The summed E-state index contributed by atoms with van der Waals surface area (Å²) in [6.07, 6.45) is 0. The van der Waals surface area contributed by atoms with Gasteiger partial charge in [-0.15, -0.1) is 0 Å². The number of pyridine rings is 1. The smallest absolute Gasteiger partial charge is 0.250 e. The van der Waals surface area contributed by atoms with Crippen LogP contribution < -0.4 is 10.3 Å². The number of aryl methyl sites for hydroxylation is 1. The zero-order valence-electron chi connectivity index (χ0n) is 9.98. The van der Waals surface area contributed by atoms with Crippen LogP contribution in [-0.4, -0.2) is 17.5 Å². The summed E-state index contributed by atoms with van der Waals surface area (Å²) in [6.45, 7) is 1.51. The number of benzene rings is 1. The molecule has 0 aliphatic heterocycles. The van der Waals surface area contributed by atoms with Gasteiger partial charge in [-0.2, -0.15) is 0 Å². The maximum Gasteiger partial charge on any atom is 0.250 e. The molecule has 0 unspecified atom stereocenters. The highest BCUT2D eigenvalue weighted by molar-refractivity contribution is 6.07. The lowest BCUT2D eigenvalue weighted by Gasteiger charge is -2.11. The lowest BCUT2D eigenvalue weighted by atomic mass is 10.0. The minimum absolute atomic E-state index is 0.0312. The molecule has 2 rings (SSSR count). The first-order valence-corrected chi connectivity index (χ1v) is 5.24. The maximum absolute atomic E-state index is 11.6. The van der Waals surface area contributed by atoms with Crippen LogP contribution in [0.5, 0.6) is 5.75 Å². The second-order valence-corrected chi connectivity index (χ2v) is 3.86. The molecule has 2 aromatic rings. The summed E-state index contributed by atoms with van der Waals surface area (Å²) in [5.74, 6) is 0.557. The lowest BCUT2D eigenvalue weighted by molar-refractivity contribution is 0.101. The number of aromatic nitrogens is 1. The van der Waals surface area contributed by atoms with Crippen molar-refractivity contribution in [3.8, 4) is 5.75 Å². The number of fused-ring (bicyclic) bond motifs is 1. The number of hydrogen-bond acceptors (Lipinski definition) is 3. The van der Waals surface area contributed by atoms with E-state index in [-0.39, 0.29) is 11.3 Å². The van der Waals surface area contributed by atoms with Crippen LogP contribution in [0.15, 0.2) is 29.1 Å². The van der Waals surface area contributed by atoms with Gasteiger partial charge in [0.25, 0.3) is 5.56 Å². The third-order valence-electron chi connectivity index (χ3n) is 2.84. The highest BCUT2D eigenvalue weighted by Crippen LogP contribution is 2.27. The molecule has 1 aromatic carbocycles. The summed E-state index contributed by atoms with van der Waals surface area (Å²) in [6, 6.07) is 6.54. The number of ether oxygens (including phenoxy) is 1. The fourth-order valence-electron chi connectivity index (χ4n) is 1.95. The van der Waals surface area contributed by atoms with Crippen molar-refractivity contribution in [3.05, 3.63) is 40.2 Å². The largest absolute Gasteiger partial charge is 0.495 e. The highest BCUT2D eigenvalue weighted by Gasteiger charge is 2.12. The molecule has 0 bridgehead atoms. The van der Waals surface area contributed by atoms with Crippen molar-refractivity contribution in [1.29, 1.82) is 0 Å². The molecule has 1 aromatic heterocycles. The Morgan fingerprint density at radius 2 is 1.94 bits per heavy atom. The first kappa shape index (κ1) is 11.4. The summed E-state index contributed by atoms with van der Waals surface area (Å²) in [5.41, 5.74) is 1.11. The van der Waals surface area contributed by atoms with Crippen molar-refractivity contribution >= 4 is 16.7 Å². The average Bonchev–Trinajstić information content (AvgIpc) is 2.32. The Bertz CT molecular complexity index is 655. The van der Waals surface area contributed by atoms with Crippen molar-refractivity contribution in [2.75, 3.05) is 7.11 Å². The van der Waals surface area contributed by atoms with E-state index in [1.165, 1.54) is 17.6 Å². The second kappa shape index (κ2) is 4.05. The molecular weight excluding hydrogens is 218 g/mol. The number of carbonyl (C=O) groups is 1. The predicted octanol–water partition coefficient (Wildman–Crippen LogP) is 1.75. The topological polar surface area (TPSA) is 48.3 Å². The Balaban J connectivity index is 3.00. The Morgan fingerprint density at radius 3 is 2.53 bits per heavy atom. The number of carbonyl (C=O) groups excluding carboxylic acids is 1. The van der Waals surface area contributed by atoms with Crippen LogP contribution in [0, 0.1) is 0 Å². The number of Topliss-reactive ketones (excluding diaryl/α,β-unsaturated/α-hetero) is 1. The van der Waals surface area contributed by atoms with E-state index in [0.717, 1.165) is 5.39 Å². The summed E-state index contributed by atoms with van der Waals surface area (Å²) < 4.78 is 6.71. The van der Waals surface area contributed by atoms with Gasteiger partial charge < -0.3 is 9.30 Å². The first-order chi connectivity index (χ1) is 8.06. The standard InChI is InChI=1S/C13H13NO3/c1-8(15)9-4-6-11(17-3)13-10(9)5-7-12(16)14(13)2/h4-7H,1-3H3. The van der Waals surface area contributed by atoms with E-state index in [2.05, 4.69) is 0 Å². The Kier molecular flexibility index (Phi) is 2.71. The van der Waals surface area contributed by atoms with Crippen molar-refractivity contribution in [2.45, 2.75) is 6.92 Å². The second-order valence-electron chi connectivity index (χ2n) is 3.86. The van der Waals surface area contributed by atoms with Gasteiger partial charge >= 0.3 is 0 Å². The summed E-state index contributed by atoms with van der Waals surface area (Å²) in [7, 11) is 3.21. The zero-order valence-corrected chi connectivity index (χ0v) is 9.98. The van der Waals surface area contributed by atoms with Crippen molar-refractivity contribution < 1.29 is 9.53 Å². The molecule has 0 radical (unpaired) electrons. The number of hydrogen-bond donors (Lipinski definition) is 0. The molecule has 88 valence electrons. The molecule has 4 nitrogen and oxygen atoms in total. The van der Waals surface area contributed by atoms with Crippen molar-refractivity contribution in [2.24, 2.45) is 7.05 Å². The van der Waals surface area contributed by atoms with E-state index in [4.69, 9.17) is 4.74 Å². The molecule has 0 saturated heterocycles. The average molecular weight is 231 g/mol. The Labute approximate surface area is 98.4 Å². The van der Waals surface area contributed by atoms with E-state index in [9.17, 15) is 9.59 Å². The van der Waals surface area contributed by atoms with Crippen LogP contribution >= 0.6 is 0 Å². The normalized spacial score (nSPS) is 10.5. The Hall–Kier alpha value is -2.10. The van der Waals surface area contributed by atoms with E-state index in [0.29, 0.717) is 16.8 Å². The fourth-order valence-corrected chi connectivity index (χ4v) is 1.95. The molecule has 0 aliphatic rings. The molecule has 0 amide bonds. The van der Waals surface area contributed by atoms with Gasteiger partial charge in [-0.25, -0.2) is 0 Å². The monoisotopic (exact) mass is 231 g/mol. The van der Waals surface area contributed by atoms with Crippen molar-refractivity contribution in [3.63, 3.8) is 0 Å². The molecular formula is C13H13NO3. The fraction of sp³-hybridized carbons (Fsp3) is 0.231. The summed E-state index contributed by atoms with van der Waals surface area (Å²) in [4.78, 5) is 23.1. The molecule has 0 saturated carbocycles. The molecule has 0 atom stereocenters. The van der Waals surface area contributed by atoms with Gasteiger partial charge in [0.15, 0.2) is 5.78 Å². The van der Waals surface area contributed by atoms with Crippen LogP contribution in [0.2, 0.25) is 0 Å². The third kappa shape index (κ3) is 1.71. The van der Waals surface area contributed by atoms with Crippen LogP contribution in [0.25, 0.3) is 10.9 Å². The van der Waals surface area contributed by atoms with Crippen LogP contribution in [0.4, 0.5) is 0 Å². The Morgan fingerprint density at radius 1 is 1.24 bits per heavy atom. The van der Waals surface area contributed by atoms with Gasteiger partial charge in [0.2, 0.25) is 0 Å². The van der Waals surface area contributed by atoms with Gasteiger partial charge in [0.1, 0.15) is 5.75 Å². The van der Waals surface area contributed by atoms with E-state index in [1.54, 1.807) is 32.4 Å². The van der Waals surface area contributed by atoms with E-state index < -0.39 is 0 Å². The third-order valence-corrected chi connectivity index (χ3v) is 2.84. The van der Waals surface area contributed by atoms with Gasteiger partial charge in [-0.3, -0.25) is 9.59 Å². The molecule has 4 heteroatoms. The minimum Gasteiger partial charge on any atom is -0.495 e. The molecule has 0 N–H and O–H groups in total. The maximum atomic E-state index is 11.6. The molecule has 0 aliphatic carbocycles. The van der Waals surface area contributed by atoms with E-state index in [1.807, 2.05) is 0 Å². The molecule has 0 fully saturated rings. The van der Waals surface area contributed by atoms with Crippen LogP contribution in [0.3, 0.4) is 0 Å². The highest BCUT2D eigenvalue weighted by atomic mass is 16.5. The molecule has 1 heterocycles. The zero-order chi connectivity index (χ0) is 12.6. The molecule has 17 heavy (non-hydrogen) atoms. The SMILES string of the molecule is COc1ccc(C(C)=O)c2ccc(=O)n(C)c12. The van der Waals surface area contributed by atoms with Crippen molar-refractivity contribution in [1.82, 2.24) is 4.57 Å². The van der Waals surface area contributed by atoms with Gasteiger partial charge in [0, 0.05) is 24.1 Å². The van der Waals surface area contributed by atoms with Crippen LogP contribution in [-0.2, 0) is 7.05 Å².